The number of aryl methyl sites for hydroxylation is 2. The highest BCUT2D eigenvalue weighted by Crippen LogP contribution is 2.31. The van der Waals surface area contributed by atoms with Gasteiger partial charge in [-0.3, -0.25) is 0 Å². The number of ether oxygens (including phenoxy) is 1. The van der Waals surface area contributed by atoms with E-state index >= 15 is 0 Å². The molecule has 0 amide bonds. The normalized spacial score (nSPS) is 11.5. The van der Waals surface area contributed by atoms with Gasteiger partial charge in [-0.25, -0.2) is 4.79 Å². The van der Waals surface area contributed by atoms with Gasteiger partial charge in [0.15, 0.2) is 0 Å². The molecule has 3 aromatic rings. The molecule has 0 saturated heterocycles. The van der Waals surface area contributed by atoms with E-state index in [-0.39, 0.29) is 12.3 Å². The lowest BCUT2D eigenvalue weighted by Gasteiger charge is -2.09. The number of para-hydroxylation sites is 1. The molecule has 0 atom stereocenters. The fraction of sp³-hybridized carbons (Fsp3) is 0.214. The number of aromatic nitrogens is 4. The highest BCUT2D eigenvalue weighted by Gasteiger charge is 2.17. The monoisotopic (exact) mass is 382 g/mol. The Hall–Kier alpha value is -1.93. The van der Waals surface area contributed by atoms with Crippen LogP contribution in [0.15, 0.2) is 38.9 Å². The molecule has 0 radical (unpaired) electrons. The summed E-state index contributed by atoms with van der Waals surface area (Å²) in [5.74, 6) is 0.705. The highest BCUT2D eigenvalue weighted by atomic mass is 79.9. The molecule has 1 aromatic carbocycles. The first kappa shape index (κ1) is 13.7. The zero-order valence-electron chi connectivity index (χ0n) is 12.9. The Morgan fingerprint density at radius 2 is 2.27 bits per heavy atom. The van der Waals surface area contributed by atoms with Crippen molar-refractivity contribution in [2.75, 3.05) is 0 Å². The van der Waals surface area contributed by atoms with Crippen LogP contribution in [0.4, 0.5) is 0 Å². The molecular weight excluding hydrogens is 368 g/mol. The minimum Gasteiger partial charge on any atom is -0.488 e. The number of thiophene rings is 1. The second-order valence-electron chi connectivity index (χ2n) is 4.64. The fourth-order valence-electron chi connectivity index (χ4n) is 1.91. The highest BCUT2D eigenvalue weighted by molar-refractivity contribution is 9.10. The summed E-state index contributed by atoms with van der Waals surface area (Å²) < 4.78 is 16.7. The van der Waals surface area contributed by atoms with E-state index in [9.17, 15) is 4.79 Å². The van der Waals surface area contributed by atoms with Crippen LogP contribution in [-0.2, 0) is 13.7 Å². The minimum atomic E-state index is -0.310. The van der Waals surface area contributed by atoms with Crippen molar-refractivity contribution in [3.63, 3.8) is 0 Å². The topological polar surface area (TPSA) is 61.9 Å². The average molecular weight is 383 g/mol. The van der Waals surface area contributed by atoms with Crippen molar-refractivity contribution in [3.05, 3.63) is 55.7 Å². The first-order valence-corrected chi connectivity index (χ1v) is 8.10. The molecule has 2 aromatic heterocycles. The van der Waals surface area contributed by atoms with E-state index in [1.165, 1.54) is 20.7 Å². The lowest BCUT2D eigenvalue weighted by atomic mass is 10.2. The zero-order valence-corrected chi connectivity index (χ0v) is 14.3. The third-order valence-corrected chi connectivity index (χ3v) is 5.13. The largest absolute Gasteiger partial charge is 0.488 e. The Labute approximate surface area is 140 Å². The molecule has 3 rings (SSSR count). The second kappa shape index (κ2) is 6.05. The first-order chi connectivity index (χ1) is 11.0. The summed E-state index contributed by atoms with van der Waals surface area (Å²) in [6.45, 7) is 2.17. The molecule has 22 heavy (non-hydrogen) atoms. The molecule has 114 valence electrons. The Morgan fingerprint density at radius 3 is 2.95 bits per heavy atom. The van der Waals surface area contributed by atoms with Crippen molar-refractivity contribution in [2.24, 2.45) is 7.05 Å². The van der Waals surface area contributed by atoms with E-state index in [1.807, 2.05) is 12.3 Å². The molecule has 6 nitrogen and oxygen atoms in total. The van der Waals surface area contributed by atoms with E-state index in [4.69, 9.17) is 6.11 Å². The van der Waals surface area contributed by atoms with Crippen molar-refractivity contribution in [1.82, 2.24) is 19.8 Å². The lowest BCUT2D eigenvalue weighted by Crippen LogP contribution is -2.22. The molecule has 0 aliphatic rings. The van der Waals surface area contributed by atoms with E-state index in [0.717, 1.165) is 15.6 Å². The van der Waals surface area contributed by atoms with Crippen LogP contribution in [0.2, 0.25) is 0 Å². The number of hydrogen-bond acceptors (Lipinski definition) is 5. The van der Waals surface area contributed by atoms with Crippen LogP contribution in [0.3, 0.4) is 0 Å². The second-order valence-corrected chi connectivity index (χ2v) is 6.36. The van der Waals surface area contributed by atoms with Gasteiger partial charge in [0.1, 0.15) is 17.4 Å². The summed E-state index contributed by atoms with van der Waals surface area (Å²) in [4.78, 5) is 12.0. The molecular formula is C14H13BrN4O2S. The number of rotatable bonds is 4. The van der Waals surface area contributed by atoms with Crippen LogP contribution < -0.4 is 10.4 Å². The Kier molecular flexibility index (Phi) is 3.77. The summed E-state index contributed by atoms with van der Waals surface area (Å²) in [6.07, 6.45) is 0. The van der Waals surface area contributed by atoms with Crippen LogP contribution in [-0.4, -0.2) is 19.8 Å². The SMILES string of the molecule is [3H]c1ccc(OCc2c(Br)csc2-n2nnn(C)c2=O)c(C)c1. The van der Waals surface area contributed by atoms with Gasteiger partial charge in [-0.15, -0.1) is 16.0 Å². The van der Waals surface area contributed by atoms with E-state index in [0.29, 0.717) is 16.8 Å². The van der Waals surface area contributed by atoms with Crippen molar-refractivity contribution in [2.45, 2.75) is 13.5 Å². The Morgan fingerprint density at radius 1 is 1.45 bits per heavy atom. The van der Waals surface area contributed by atoms with Gasteiger partial charge >= 0.3 is 5.69 Å². The fourth-order valence-corrected chi connectivity index (χ4v) is 3.51. The minimum absolute atomic E-state index is 0.278. The van der Waals surface area contributed by atoms with Crippen molar-refractivity contribution in [3.8, 4) is 10.8 Å². The zero-order chi connectivity index (χ0) is 16.6. The molecule has 0 aliphatic carbocycles. The number of nitrogens with zero attached hydrogens (tertiary/aromatic N) is 4. The molecule has 0 N–H and O–H groups in total. The summed E-state index contributed by atoms with van der Waals surface area (Å²) in [7, 11) is 1.55. The van der Waals surface area contributed by atoms with Gasteiger partial charge in [0.25, 0.3) is 0 Å². The van der Waals surface area contributed by atoms with Gasteiger partial charge in [0.2, 0.25) is 0 Å². The van der Waals surface area contributed by atoms with Crippen molar-refractivity contribution >= 4 is 27.3 Å². The molecule has 0 aliphatic heterocycles. The van der Waals surface area contributed by atoms with Gasteiger partial charge < -0.3 is 4.74 Å². The summed E-state index contributed by atoms with van der Waals surface area (Å²) in [5, 5.41) is 10.2. The average Bonchev–Trinajstić information content (AvgIpc) is 3.02. The smallest absolute Gasteiger partial charge is 0.368 e. The maximum Gasteiger partial charge on any atom is 0.368 e. The summed E-state index contributed by atoms with van der Waals surface area (Å²) in [6, 6.07) is 5.63. The number of hydrogen-bond donors (Lipinski definition) is 0. The molecule has 2 heterocycles. The van der Waals surface area contributed by atoms with Crippen LogP contribution in [0.25, 0.3) is 5.00 Å². The molecule has 8 heteroatoms. The van der Waals surface area contributed by atoms with Crippen LogP contribution in [0.5, 0.6) is 5.75 Å². The standard InChI is InChI=1S/C14H13BrN4O2S/c1-9-5-3-4-6-12(9)21-7-10-11(15)8-22-13(10)19-14(20)18(2)16-17-19/h3-6,8H,7H2,1-2H3/i3T. The van der Waals surface area contributed by atoms with Gasteiger partial charge in [-0.1, -0.05) is 18.2 Å². The van der Waals surface area contributed by atoms with Gasteiger partial charge in [0, 0.05) is 22.5 Å². The van der Waals surface area contributed by atoms with E-state index in [1.54, 1.807) is 25.2 Å². The van der Waals surface area contributed by atoms with Crippen LogP contribution in [0, 0.1) is 6.92 Å². The predicted molar refractivity (Wildman–Crippen MR) is 87.7 cm³/mol. The Bertz CT molecular complexity index is 918. The third kappa shape index (κ3) is 2.71. The number of halogens is 1. The Balaban J connectivity index is 1.90. The quantitative estimate of drug-likeness (QED) is 0.695. The van der Waals surface area contributed by atoms with Gasteiger partial charge in [0.05, 0.1) is 1.37 Å². The maximum atomic E-state index is 12.0. The van der Waals surface area contributed by atoms with Crippen LogP contribution >= 0.6 is 27.3 Å². The van der Waals surface area contributed by atoms with E-state index < -0.39 is 0 Å². The van der Waals surface area contributed by atoms with Gasteiger partial charge in [-0.2, -0.15) is 4.68 Å². The number of benzene rings is 1. The molecule has 0 spiro atoms. The van der Waals surface area contributed by atoms with Gasteiger partial charge in [-0.05, 0) is 44.9 Å². The lowest BCUT2D eigenvalue weighted by molar-refractivity contribution is 0.303. The first-order valence-electron chi connectivity index (χ1n) is 6.92. The van der Waals surface area contributed by atoms with Crippen molar-refractivity contribution in [1.29, 1.82) is 0 Å². The maximum absolute atomic E-state index is 12.0. The van der Waals surface area contributed by atoms with E-state index in [2.05, 4.69) is 26.4 Å². The summed E-state index contributed by atoms with van der Waals surface area (Å²) >= 11 is 4.87. The number of tetrazole rings is 1. The summed E-state index contributed by atoms with van der Waals surface area (Å²) in [5.41, 5.74) is 1.41. The molecule has 0 unspecified atom stereocenters. The molecule has 0 saturated carbocycles. The third-order valence-electron chi connectivity index (χ3n) is 3.13. The molecule has 0 fully saturated rings. The molecule has 0 bridgehead atoms. The van der Waals surface area contributed by atoms with Crippen molar-refractivity contribution < 1.29 is 6.11 Å². The van der Waals surface area contributed by atoms with Crippen LogP contribution in [0.1, 0.15) is 12.5 Å². The predicted octanol–water partition coefficient (Wildman–Crippen LogP) is 2.68.